The van der Waals surface area contributed by atoms with E-state index in [1.165, 1.54) is 7.05 Å². The maximum Gasteiger partial charge on any atom is 0.361 e. The molecule has 0 saturated heterocycles. The lowest BCUT2D eigenvalue weighted by atomic mass is 10.5. The fourth-order valence-electron chi connectivity index (χ4n) is 1.05. The summed E-state index contributed by atoms with van der Waals surface area (Å²) >= 11 is 5.41. The Morgan fingerprint density at radius 3 is 2.65 bits per heavy atom. The van der Waals surface area contributed by atoms with Crippen LogP contribution in [0.5, 0.6) is 0 Å². The van der Waals surface area contributed by atoms with Gasteiger partial charge in [0.05, 0.1) is 6.00 Å². The second kappa shape index (κ2) is 4.92. The van der Waals surface area contributed by atoms with Gasteiger partial charge < -0.3 is 9.42 Å². The summed E-state index contributed by atoms with van der Waals surface area (Å²) in [5.74, 6) is -0.526. The highest BCUT2D eigenvalue weighted by molar-refractivity contribution is 7.89. The number of hydrogen-bond acceptors (Lipinski definition) is 5. The van der Waals surface area contributed by atoms with Gasteiger partial charge in [-0.05, 0) is 0 Å². The fourth-order valence-corrected chi connectivity index (χ4v) is 1.81. The van der Waals surface area contributed by atoms with Crippen LogP contribution in [-0.2, 0) is 15.6 Å². The Morgan fingerprint density at radius 2 is 2.18 bits per heavy atom. The Hall–Kier alpha value is -1.28. The average Bonchev–Trinajstić information content (AvgIpc) is 2.54. The zero-order valence-corrected chi connectivity index (χ0v) is 10.8. The monoisotopic (exact) mass is 282 g/mol. The van der Waals surface area contributed by atoms with Gasteiger partial charge in [0.15, 0.2) is 15.6 Å². The second-order valence-corrected chi connectivity index (χ2v) is 5.88. The Kier molecular flexibility index (Phi) is 3.99. The quantitative estimate of drug-likeness (QED) is 0.579. The molecular formula is C8H11ClN2O5S. The fraction of sp³-hybridized carbons (Fsp3) is 0.500. The van der Waals surface area contributed by atoms with E-state index in [0.717, 1.165) is 17.2 Å². The molecular weight excluding hydrogens is 272 g/mol. The number of rotatable bonds is 3. The van der Waals surface area contributed by atoms with E-state index < -0.39 is 27.2 Å². The number of hydrogen-bond donors (Lipinski definition) is 0. The lowest BCUT2D eigenvalue weighted by Crippen LogP contribution is -2.34. The van der Waals surface area contributed by atoms with E-state index in [0.29, 0.717) is 4.74 Å². The summed E-state index contributed by atoms with van der Waals surface area (Å²) in [6, 6.07) is 0.0822. The average molecular weight is 283 g/mol. The van der Waals surface area contributed by atoms with Crippen LogP contribution in [0.4, 0.5) is 4.79 Å². The van der Waals surface area contributed by atoms with Gasteiger partial charge in [0, 0.05) is 19.4 Å². The second-order valence-electron chi connectivity index (χ2n) is 3.50. The molecule has 0 spiro atoms. The molecule has 0 atom stereocenters. The number of aromatic nitrogens is 1. The van der Waals surface area contributed by atoms with Crippen molar-refractivity contribution in [3.05, 3.63) is 22.2 Å². The van der Waals surface area contributed by atoms with Crippen LogP contribution < -0.4 is 5.56 Å². The minimum absolute atomic E-state index is 0.0891. The molecule has 1 aromatic rings. The molecule has 0 bridgehead atoms. The molecule has 0 fully saturated rings. The van der Waals surface area contributed by atoms with Crippen LogP contribution in [0.2, 0.25) is 0 Å². The molecule has 0 saturated carbocycles. The first-order chi connectivity index (χ1) is 7.74. The first kappa shape index (κ1) is 13.8. The van der Waals surface area contributed by atoms with Gasteiger partial charge >= 0.3 is 6.03 Å². The first-order valence-corrected chi connectivity index (χ1v) is 7.05. The van der Waals surface area contributed by atoms with Crippen molar-refractivity contribution in [2.24, 2.45) is 0 Å². The summed E-state index contributed by atoms with van der Waals surface area (Å²) in [5.41, 5.74) is -0.731. The summed E-state index contributed by atoms with van der Waals surface area (Å²) in [7, 11) is -1.95. The largest absolute Gasteiger partial charge is 0.370 e. The van der Waals surface area contributed by atoms with Gasteiger partial charge in [-0.3, -0.25) is 4.79 Å². The normalized spacial score (nSPS) is 11.5. The summed E-state index contributed by atoms with van der Waals surface area (Å²) in [4.78, 5) is 23.9. The van der Waals surface area contributed by atoms with Crippen LogP contribution in [0, 0.1) is 0 Å². The van der Waals surface area contributed by atoms with Crippen molar-refractivity contribution >= 4 is 27.5 Å². The zero-order valence-electron chi connectivity index (χ0n) is 9.21. The summed E-state index contributed by atoms with van der Waals surface area (Å²) in [6.45, 7) is 0. The highest BCUT2D eigenvalue weighted by Gasteiger charge is 2.18. The predicted molar refractivity (Wildman–Crippen MR) is 60.8 cm³/mol. The van der Waals surface area contributed by atoms with Crippen molar-refractivity contribution in [3.63, 3.8) is 0 Å². The van der Waals surface area contributed by atoms with E-state index in [4.69, 9.17) is 16.1 Å². The number of carbonyl (C=O) groups excluding carboxylic acids is 1. The van der Waals surface area contributed by atoms with Crippen LogP contribution in [0.1, 0.15) is 5.76 Å². The number of nitrogens with zero attached hydrogens (tertiary/aromatic N) is 2. The third kappa shape index (κ3) is 3.60. The van der Waals surface area contributed by atoms with Crippen molar-refractivity contribution in [2.75, 3.05) is 19.3 Å². The molecule has 0 radical (unpaired) electrons. The Balaban J connectivity index is 3.05. The third-order valence-electron chi connectivity index (χ3n) is 1.78. The van der Waals surface area contributed by atoms with Gasteiger partial charge in [0.1, 0.15) is 5.75 Å². The lowest BCUT2D eigenvalue weighted by molar-refractivity contribution is 0.179. The van der Waals surface area contributed by atoms with Gasteiger partial charge in [0.2, 0.25) is 0 Å². The SMILES string of the molecule is CN(CCl)C(=O)n1oc(CS(C)(=O)=O)cc1=O. The van der Waals surface area contributed by atoms with Crippen LogP contribution in [0.3, 0.4) is 0 Å². The van der Waals surface area contributed by atoms with Crippen LogP contribution in [0.15, 0.2) is 15.4 Å². The summed E-state index contributed by atoms with van der Waals surface area (Å²) in [6.07, 6.45) is 0.997. The van der Waals surface area contributed by atoms with Crippen LogP contribution >= 0.6 is 11.6 Å². The van der Waals surface area contributed by atoms with E-state index in [9.17, 15) is 18.0 Å². The standard InChI is InChI=1S/C8H11ClN2O5S/c1-10(5-9)8(13)11-7(12)3-6(16-11)4-17(2,14)15/h3H,4-5H2,1-2H3. The Bertz CT molecular complexity index is 573. The number of amides is 1. The highest BCUT2D eigenvalue weighted by Crippen LogP contribution is 2.03. The lowest BCUT2D eigenvalue weighted by Gasteiger charge is -2.10. The number of sulfone groups is 1. The molecule has 1 rings (SSSR count). The molecule has 0 aliphatic rings. The van der Waals surface area contributed by atoms with E-state index in [-0.39, 0.29) is 11.8 Å². The minimum atomic E-state index is -3.33. The van der Waals surface area contributed by atoms with Gasteiger partial charge in [-0.25, -0.2) is 13.2 Å². The van der Waals surface area contributed by atoms with Crippen molar-refractivity contribution < 1.29 is 17.7 Å². The van der Waals surface area contributed by atoms with E-state index >= 15 is 0 Å². The van der Waals surface area contributed by atoms with Gasteiger partial charge in [-0.1, -0.05) is 4.74 Å². The molecule has 96 valence electrons. The van der Waals surface area contributed by atoms with E-state index in [1.807, 2.05) is 0 Å². The molecule has 1 aromatic heterocycles. The topological polar surface area (TPSA) is 89.6 Å². The molecule has 7 nitrogen and oxygen atoms in total. The van der Waals surface area contributed by atoms with Crippen molar-refractivity contribution in [2.45, 2.75) is 5.75 Å². The minimum Gasteiger partial charge on any atom is -0.370 e. The van der Waals surface area contributed by atoms with Gasteiger partial charge in [-0.15, -0.1) is 11.6 Å². The van der Waals surface area contributed by atoms with Crippen LogP contribution in [-0.4, -0.2) is 43.4 Å². The molecule has 0 aliphatic carbocycles. The number of carbonyl (C=O) groups is 1. The number of alkyl halides is 1. The molecule has 0 aliphatic heterocycles. The van der Waals surface area contributed by atoms with E-state index in [2.05, 4.69) is 0 Å². The third-order valence-corrected chi connectivity index (χ3v) is 2.94. The molecule has 1 amide bonds. The molecule has 0 N–H and O–H groups in total. The Labute approximate surface area is 102 Å². The molecule has 0 unspecified atom stereocenters. The predicted octanol–water partition coefficient (Wildman–Crippen LogP) is 0.0821. The zero-order chi connectivity index (χ0) is 13.2. The Morgan fingerprint density at radius 1 is 1.59 bits per heavy atom. The molecule has 0 aromatic carbocycles. The summed E-state index contributed by atoms with van der Waals surface area (Å²) in [5, 5.41) is 0. The van der Waals surface area contributed by atoms with E-state index in [1.54, 1.807) is 0 Å². The molecule has 17 heavy (non-hydrogen) atoms. The maximum atomic E-state index is 11.5. The van der Waals surface area contributed by atoms with Gasteiger partial charge in [0.25, 0.3) is 5.56 Å². The van der Waals surface area contributed by atoms with Crippen molar-refractivity contribution in [3.8, 4) is 0 Å². The highest BCUT2D eigenvalue weighted by atomic mass is 35.5. The van der Waals surface area contributed by atoms with Crippen molar-refractivity contribution in [1.29, 1.82) is 0 Å². The van der Waals surface area contributed by atoms with Gasteiger partial charge in [-0.2, -0.15) is 0 Å². The molecule has 1 heterocycles. The summed E-state index contributed by atoms with van der Waals surface area (Å²) < 4.78 is 27.3. The smallest absolute Gasteiger partial charge is 0.361 e. The van der Waals surface area contributed by atoms with Crippen LogP contribution in [0.25, 0.3) is 0 Å². The van der Waals surface area contributed by atoms with Crippen molar-refractivity contribution in [1.82, 2.24) is 9.64 Å². The number of halogens is 1. The molecule has 9 heteroatoms. The maximum absolute atomic E-state index is 11.5. The first-order valence-electron chi connectivity index (χ1n) is 4.46.